The minimum absolute atomic E-state index is 0.116. The van der Waals surface area contributed by atoms with Gasteiger partial charge in [0.05, 0.1) is 16.1 Å². The number of amides is 2. The molecule has 2 heterocycles. The third-order valence-electron chi connectivity index (χ3n) is 3.82. The number of aromatic nitrogens is 2. The Morgan fingerprint density at radius 2 is 1.63 bits per heavy atom. The Morgan fingerprint density at radius 1 is 1.00 bits per heavy atom. The fraction of sp³-hybridized carbons (Fsp3) is 0.333. The van der Waals surface area contributed by atoms with E-state index in [9.17, 15) is 22.8 Å². The molecule has 2 aromatic rings. The number of carbonyl (C=O) groups is 2. The minimum atomic E-state index is -4.68. The molecule has 0 bridgehead atoms. The maximum Gasteiger partial charge on any atom is 0.417 e. The summed E-state index contributed by atoms with van der Waals surface area (Å²) in [5, 5.41) is 7.42. The van der Waals surface area contributed by atoms with E-state index in [2.05, 4.69) is 25.9 Å². The van der Waals surface area contributed by atoms with Crippen LogP contribution in [0.5, 0.6) is 0 Å². The van der Waals surface area contributed by atoms with Crippen molar-refractivity contribution in [3.05, 3.63) is 57.1 Å². The molecule has 2 aromatic heterocycles. The Labute approximate surface area is 180 Å². The molecule has 0 aliphatic rings. The van der Waals surface area contributed by atoms with Gasteiger partial charge in [0.15, 0.2) is 0 Å². The van der Waals surface area contributed by atoms with Gasteiger partial charge in [0.1, 0.15) is 10.8 Å². The number of halogens is 5. The van der Waals surface area contributed by atoms with Gasteiger partial charge in [-0.2, -0.15) is 13.2 Å². The highest BCUT2D eigenvalue weighted by Crippen LogP contribution is 2.35. The third kappa shape index (κ3) is 6.54. The van der Waals surface area contributed by atoms with Crippen LogP contribution in [-0.4, -0.2) is 48.0 Å². The van der Waals surface area contributed by atoms with Crippen LogP contribution in [0, 0.1) is 6.92 Å². The lowest BCUT2D eigenvalue weighted by Gasteiger charge is -2.12. The molecule has 7 nitrogen and oxygen atoms in total. The molecule has 0 radical (unpaired) electrons. The highest BCUT2D eigenvalue weighted by atomic mass is 35.5. The van der Waals surface area contributed by atoms with Crippen molar-refractivity contribution in [2.45, 2.75) is 13.1 Å². The van der Waals surface area contributed by atoms with E-state index in [0.29, 0.717) is 24.8 Å². The summed E-state index contributed by atoms with van der Waals surface area (Å²) >= 11 is 11.6. The summed E-state index contributed by atoms with van der Waals surface area (Å²) in [6, 6.07) is 3.96. The second kappa shape index (κ2) is 10.6. The van der Waals surface area contributed by atoms with Crippen molar-refractivity contribution >= 4 is 35.0 Å². The average molecular weight is 464 g/mol. The number of aryl methyl sites for hydroxylation is 1. The molecule has 0 fully saturated rings. The summed E-state index contributed by atoms with van der Waals surface area (Å²) < 4.78 is 38.5. The normalized spacial score (nSPS) is 11.3. The maximum absolute atomic E-state index is 12.8. The highest BCUT2D eigenvalue weighted by molar-refractivity contribution is 6.34. The van der Waals surface area contributed by atoms with Crippen LogP contribution < -0.4 is 16.0 Å². The minimum Gasteiger partial charge on any atom is -0.351 e. The SMILES string of the molecule is Cc1ccc(C(=O)NCCNCCNC(=O)c2nccc(C(F)(F)F)c2Cl)c(Cl)n1. The molecule has 0 aliphatic carbocycles. The number of rotatable bonds is 8. The molecule has 0 atom stereocenters. The molecule has 0 saturated heterocycles. The number of nitrogens with one attached hydrogen (secondary N) is 3. The van der Waals surface area contributed by atoms with Crippen molar-refractivity contribution < 1.29 is 22.8 Å². The standard InChI is InChI=1S/C18H18Cl2F3N5O2/c1-10-2-3-11(15(20)28-10)16(29)26-8-6-24-7-9-27-17(30)14-13(19)12(4-5-25-14)18(21,22)23/h2-5,24H,6-9H2,1H3,(H,26,29)(H,27,30). The molecular weight excluding hydrogens is 446 g/mol. The lowest BCUT2D eigenvalue weighted by atomic mass is 10.2. The molecule has 2 rings (SSSR count). The van der Waals surface area contributed by atoms with Gasteiger partial charge in [-0.25, -0.2) is 9.97 Å². The molecule has 0 unspecified atom stereocenters. The molecule has 0 saturated carbocycles. The first-order chi connectivity index (χ1) is 14.1. The quantitative estimate of drug-likeness (QED) is 0.413. The fourth-order valence-corrected chi connectivity index (χ4v) is 2.94. The number of carbonyl (C=O) groups excluding carboxylic acids is 2. The summed E-state index contributed by atoms with van der Waals surface area (Å²) in [5.41, 5.74) is -0.661. The predicted octanol–water partition coefficient (Wildman–Crippen LogP) is 2.86. The van der Waals surface area contributed by atoms with Gasteiger partial charge in [-0.1, -0.05) is 23.2 Å². The lowest BCUT2D eigenvalue weighted by Crippen LogP contribution is -2.36. The van der Waals surface area contributed by atoms with E-state index in [1.54, 1.807) is 19.1 Å². The van der Waals surface area contributed by atoms with Crippen molar-refractivity contribution in [2.24, 2.45) is 0 Å². The molecule has 30 heavy (non-hydrogen) atoms. The van der Waals surface area contributed by atoms with Crippen molar-refractivity contribution in [1.29, 1.82) is 0 Å². The Bertz CT molecular complexity index is 925. The Balaban J connectivity index is 1.71. The van der Waals surface area contributed by atoms with E-state index in [1.807, 2.05) is 0 Å². The first-order valence-electron chi connectivity index (χ1n) is 8.73. The van der Waals surface area contributed by atoms with E-state index in [0.717, 1.165) is 6.20 Å². The number of pyridine rings is 2. The monoisotopic (exact) mass is 463 g/mol. The van der Waals surface area contributed by atoms with Crippen molar-refractivity contribution in [3.63, 3.8) is 0 Å². The van der Waals surface area contributed by atoms with Crippen LogP contribution >= 0.6 is 23.2 Å². The van der Waals surface area contributed by atoms with Crippen LogP contribution in [0.4, 0.5) is 13.2 Å². The second-order valence-electron chi connectivity index (χ2n) is 6.07. The van der Waals surface area contributed by atoms with Gasteiger partial charge < -0.3 is 16.0 Å². The first-order valence-corrected chi connectivity index (χ1v) is 9.49. The zero-order valence-corrected chi connectivity index (χ0v) is 17.3. The molecule has 0 aliphatic heterocycles. The average Bonchev–Trinajstić information content (AvgIpc) is 2.66. The van der Waals surface area contributed by atoms with Crippen LogP contribution in [0.3, 0.4) is 0 Å². The third-order valence-corrected chi connectivity index (χ3v) is 4.49. The van der Waals surface area contributed by atoms with Crippen LogP contribution in [-0.2, 0) is 6.18 Å². The van der Waals surface area contributed by atoms with Crippen molar-refractivity contribution in [3.8, 4) is 0 Å². The molecule has 12 heteroatoms. The van der Waals surface area contributed by atoms with E-state index in [4.69, 9.17) is 23.2 Å². The summed E-state index contributed by atoms with van der Waals surface area (Å²) in [4.78, 5) is 31.6. The number of alkyl halides is 3. The zero-order valence-electron chi connectivity index (χ0n) is 15.7. The molecule has 0 aromatic carbocycles. The lowest BCUT2D eigenvalue weighted by molar-refractivity contribution is -0.137. The number of hydrogen-bond acceptors (Lipinski definition) is 5. The maximum atomic E-state index is 12.8. The molecule has 2 amide bonds. The van der Waals surface area contributed by atoms with Gasteiger partial charge in [-0.15, -0.1) is 0 Å². The van der Waals surface area contributed by atoms with E-state index in [-0.39, 0.29) is 29.7 Å². The predicted molar refractivity (Wildman–Crippen MR) is 106 cm³/mol. The summed E-state index contributed by atoms with van der Waals surface area (Å²) in [6.45, 7) is 2.87. The summed E-state index contributed by atoms with van der Waals surface area (Å²) in [6.07, 6.45) is -3.81. The smallest absolute Gasteiger partial charge is 0.351 e. The topological polar surface area (TPSA) is 96.0 Å². The van der Waals surface area contributed by atoms with Gasteiger partial charge >= 0.3 is 6.18 Å². The highest BCUT2D eigenvalue weighted by Gasteiger charge is 2.35. The number of nitrogens with zero attached hydrogens (tertiary/aromatic N) is 2. The van der Waals surface area contributed by atoms with Crippen LogP contribution in [0.1, 0.15) is 32.1 Å². The molecule has 0 spiro atoms. The van der Waals surface area contributed by atoms with Crippen LogP contribution in [0.25, 0.3) is 0 Å². The van der Waals surface area contributed by atoms with Gasteiger partial charge in [0.2, 0.25) is 0 Å². The van der Waals surface area contributed by atoms with Crippen molar-refractivity contribution in [2.75, 3.05) is 26.2 Å². The van der Waals surface area contributed by atoms with Gasteiger partial charge in [0, 0.05) is 38.1 Å². The second-order valence-corrected chi connectivity index (χ2v) is 6.81. The Morgan fingerprint density at radius 3 is 2.23 bits per heavy atom. The molecule has 3 N–H and O–H groups in total. The molecule has 162 valence electrons. The van der Waals surface area contributed by atoms with Crippen LogP contribution in [0.15, 0.2) is 24.4 Å². The van der Waals surface area contributed by atoms with E-state index < -0.39 is 28.4 Å². The summed E-state index contributed by atoms with van der Waals surface area (Å²) in [5.74, 6) is -1.18. The van der Waals surface area contributed by atoms with Crippen molar-refractivity contribution in [1.82, 2.24) is 25.9 Å². The zero-order chi connectivity index (χ0) is 22.3. The Hall–Kier alpha value is -2.43. The largest absolute Gasteiger partial charge is 0.417 e. The van der Waals surface area contributed by atoms with Gasteiger partial charge in [-0.05, 0) is 25.1 Å². The number of hydrogen-bond donors (Lipinski definition) is 3. The van der Waals surface area contributed by atoms with E-state index in [1.165, 1.54) is 0 Å². The molecular formula is C18H18Cl2F3N5O2. The first kappa shape index (κ1) is 23.8. The summed E-state index contributed by atoms with van der Waals surface area (Å²) in [7, 11) is 0. The Kier molecular flexibility index (Phi) is 8.39. The fourth-order valence-electron chi connectivity index (χ4n) is 2.35. The van der Waals surface area contributed by atoms with Crippen LogP contribution in [0.2, 0.25) is 10.2 Å². The van der Waals surface area contributed by atoms with E-state index >= 15 is 0 Å². The van der Waals surface area contributed by atoms with Gasteiger partial charge in [0.25, 0.3) is 11.8 Å². The van der Waals surface area contributed by atoms with Gasteiger partial charge in [-0.3, -0.25) is 9.59 Å².